The molecule has 120 valence electrons. The number of hydrogen-bond acceptors (Lipinski definition) is 3. The number of anilines is 1. The first-order chi connectivity index (χ1) is 11.0. The monoisotopic (exact) mass is 375 g/mol. The van der Waals surface area contributed by atoms with E-state index in [1.807, 2.05) is 19.1 Å². The summed E-state index contributed by atoms with van der Waals surface area (Å²) in [6.45, 7) is 2.04. The molecular formula is C18H18BrNO3. The first-order valence-electron chi connectivity index (χ1n) is 7.35. The minimum atomic E-state index is -0.0449. The van der Waals surface area contributed by atoms with Gasteiger partial charge in [-0.1, -0.05) is 28.1 Å². The Morgan fingerprint density at radius 3 is 2.61 bits per heavy atom. The Kier molecular flexibility index (Phi) is 4.31. The summed E-state index contributed by atoms with van der Waals surface area (Å²) < 4.78 is 11.9. The van der Waals surface area contributed by atoms with Gasteiger partial charge in [0, 0.05) is 34.5 Å². The van der Waals surface area contributed by atoms with Crippen LogP contribution in [0.2, 0.25) is 0 Å². The molecule has 0 spiro atoms. The lowest BCUT2D eigenvalue weighted by Gasteiger charge is -2.28. The van der Waals surface area contributed by atoms with Gasteiger partial charge in [0.2, 0.25) is 5.91 Å². The van der Waals surface area contributed by atoms with Crippen LogP contribution < -0.4 is 14.8 Å². The number of carbonyl (C=O) groups is 1. The smallest absolute Gasteiger partial charge is 0.225 e. The lowest BCUT2D eigenvalue weighted by molar-refractivity contribution is -0.116. The number of methoxy groups -OCH3 is 2. The summed E-state index contributed by atoms with van der Waals surface area (Å²) in [6.07, 6.45) is 0.394. The predicted octanol–water partition coefficient (Wildman–Crippen LogP) is 4.25. The second-order valence-electron chi connectivity index (χ2n) is 5.60. The van der Waals surface area contributed by atoms with Crippen LogP contribution in [0, 0.1) is 6.92 Å². The quantitative estimate of drug-likeness (QED) is 0.871. The molecule has 2 aromatic rings. The van der Waals surface area contributed by atoms with Crippen molar-refractivity contribution in [1.82, 2.24) is 0 Å². The van der Waals surface area contributed by atoms with Crippen LogP contribution >= 0.6 is 15.9 Å². The number of benzene rings is 2. The first-order valence-corrected chi connectivity index (χ1v) is 8.14. The van der Waals surface area contributed by atoms with E-state index in [0.29, 0.717) is 12.2 Å². The Balaban J connectivity index is 2.17. The van der Waals surface area contributed by atoms with Gasteiger partial charge in [-0.05, 0) is 24.1 Å². The van der Waals surface area contributed by atoms with Crippen LogP contribution in [-0.2, 0) is 4.79 Å². The fraction of sp³-hybridized carbons (Fsp3) is 0.278. The molecule has 5 heteroatoms. The van der Waals surface area contributed by atoms with Crippen LogP contribution in [0.4, 0.5) is 5.69 Å². The van der Waals surface area contributed by atoms with E-state index < -0.39 is 0 Å². The van der Waals surface area contributed by atoms with E-state index in [2.05, 4.69) is 39.4 Å². The van der Waals surface area contributed by atoms with E-state index in [9.17, 15) is 4.79 Å². The number of rotatable bonds is 3. The van der Waals surface area contributed by atoms with E-state index >= 15 is 0 Å². The highest BCUT2D eigenvalue weighted by Crippen LogP contribution is 2.45. The SMILES string of the molecule is COc1cc2c(c(OC)c1)[C@@H](c1ccc(C)c(Br)c1)CC(=O)N2. The standard InChI is InChI=1S/C18H18BrNO3/c1-10-4-5-11(6-14(10)19)13-9-17(21)20-15-7-12(22-2)8-16(23-3)18(13)15/h4-8,13H,9H2,1-3H3,(H,20,21)/t13-/m1/s1. The summed E-state index contributed by atoms with van der Waals surface area (Å²) >= 11 is 3.57. The third kappa shape index (κ3) is 2.93. The average molecular weight is 376 g/mol. The third-order valence-electron chi connectivity index (χ3n) is 4.18. The summed E-state index contributed by atoms with van der Waals surface area (Å²) in [5.41, 5.74) is 3.99. The van der Waals surface area contributed by atoms with Crippen LogP contribution in [0.25, 0.3) is 0 Å². The second-order valence-corrected chi connectivity index (χ2v) is 6.46. The molecule has 0 unspecified atom stereocenters. The van der Waals surface area contributed by atoms with Gasteiger partial charge in [-0.25, -0.2) is 0 Å². The Morgan fingerprint density at radius 2 is 1.96 bits per heavy atom. The van der Waals surface area contributed by atoms with Crippen molar-refractivity contribution < 1.29 is 14.3 Å². The zero-order valence-electron chi connectivity index (χ0n) is 13.3. The summed E-state index contributed by atoms with van der Waals surface area (Å²) in [5.74, 6) is 1.33. The van der Waals surface area contributed by atoms with Gasteiger partial charge >= 0.3 is 0 Å². The normalized spacial score (nSPS) is 16.5. The molecule has 1 atom stereocenters. The molecule has 1 heterocycles. The van der Waals surface area contributed by atoms with Gasteiger partial charge in [0.25, 0.3) is 0 Å². The topological polar surface area (TPSA) is 47.6 Å². The lowest BCUT2D eigenvalue weighted by atomic mass is 9.84. The van der Waals surface area contributed by atoms with Crippen LogP contribution in [0.5, 0.6) is 11.5 Å². The van der Waals surface area contributed by atoms with Crippen molar-refractivity contribution >= 4 is 27.5 Å². The van der Waals surface area contributed by atoms with Crippen molar-refractivity contribution in [2.24, 2.45) is 0 Å². The lowest BCUT2D eigenvalue weighted by Crippen LogP contribution is -2.24. The molecule has 0 fully saturated rings. The maximum atomic E-state index is 12.2. The molecule has 2 aromatic carbocycles. The van der Waals surface area contributed by atoms with E-state index in [4.69, 9.17) is 9.47 Å². The number of fused-ring (bicyclic) bond motifs is 1. The Hall–Kier alpha value is -2.01. The highest BCUT2D eigenvalue weighted by atomic mass is 79.9. The maximum Gasteiger partial charge on any atom is 0.225 e. The van der Waals surface area contributed by atoms with Gasteiger partial charge in [0.15, 0.2) is 0 Å². The Bertz CT molecular complexity index is 773. The van der Waals surface area contributed by atoms with E-state index in [1.165, 1.54) is 0 Å². The van der Waals surface area contributed by atoms with E-state index in [1.54, 1.807) is 14.2 Å². The highest BCUT2D eigenvalue weighted by Gasteiger charge is 2.30. The molecule has 1 N–H and O–H groups in total. The van der Waals surface area contributed by atoms with E-state index in [0.717, 1.165) is 32.6 Å². The van der Waals surface area contributed by atoms with Crippen LogP contribution in [-0.4, -0.2) is 20.1 Å². The summed E-state index contributed by atoms with van der Waals surface area (Å²) in [5, 5.41) is 2.92. The number of carbonyl (C=O) groups excluding carboxylic acids is 1. The Morgan fingerprint density at radius 1 is 1.17 bits per heavy atom. The molecule has 23 heavy (non-hydrogen) atoms. The van der Waals surface area contributed by atoms with Crippen LogP contribution in [0.1, 0.15) is 29.0 Å². The van der Waals surface area contributed by atoms with Crippen molar-refractivity contribution in [2.75, 3.05) is 19.5 Å². The number of aryl methyl sites for hydroxylation is 1. The molecule has 1 aliphatic rings. The molecule has 0 saturated heterocycles. The minimum Gasteiger partial charge on any atom is -0.497 e. The van der Waals surface area contributed by atoms with Gasteiger partial charge in [-0.3, -0.25) is 4.79 Å². The average Bonchev–Trinajstić information content (AvgIpc) is 2.55. The molecular weight excluding hydrogens is 358 g/mol. The predicted molar refractivity (Wildman–Crippen MR) is 93.5 cm³/mol. The molecule has 1 aliphatic heterocycles. The molecule has 4 nitrogen and oxygen atoms in total. The largest absolute Gasteiger partial charge is 0.497 e. The van der Waals surface area contributed by atoms with Crippen molar-refractivity contribution in [1.29, 1.82) is 0 Å². The van der Waals surface area contributed by atoms with Gasteiger partial charge in [-0.2, -0.15) is 0 Å². The van der Waals surface area contributed by atoms with Crippen molar-refractivity contribution in [3.8, 4) is 11.5 Å². The fourth-order valence-corrected chi connectivity index (χ4v) is 3.35. The van der Waals surface area contributed by atoms with Crippen molar-refractivity contribution in [3.63, 3.8) is 0 Å². The molecule has 0 bridgehead atoms. The number of hydrogen-bond donors (Lipinski definition) is 1. The number of nitrogens with one attached hydrogen (secondary N) is 1. The van der Waals surface area contributed by atoms with Gasteiger partial charge in [0.05, 0.1) is 19.9 Å². The summed E-state index contributed by atoms with van der Waals surface area (Å²) in [4.78, 5) is 12.2. The van der Waals surface area contributed by atoms with Crippen molar-refractivity contribution in [2.45, 2.75) is 19.3 Å². The van der Waals surface area contributed by atoms with Gasteiger partial charge in [-0.15, -0.1) is 0 Å². The first kappa shape index (κ1) is 15.9. The van der Waals surface area contributed by atoms with Crippen molar-refractivity contribution in [3.05, 3.63) is 51.5 Å². The van der Waals surface area contributed by atoms with E-state index in [-0.39, 0.29) is 11.8 Å². The fourth-order valence-electron chi connectivity index (χ4n) is 2.95. The molecule has 0 radical (unpaired) electrons. The molecule has 3 rings (SSSR count). The second kappa shape index (κ2) is 6.24. The van der Waals surface area contributed by atoms with Crippen LogP contribution in [0.15, 0.2) is 34.8 Å². The number of halogens is 1. The van der Waals surface area contributed by atoms with Gasteiger partial charge < -0.3 is 14.8 Å². The summed E-state index contributed by atoms with van der Waals surface area (Å²) in [6, 6.07) is 9.89. The van der Waals surface area contributed by atoms with Gasteiger partial charge in [0.1, 0.15) is 11.5 Å². The zero-order valence-corrected chi connectivity index (χ0v) is 14.9. The number of ether oxygens (including phenoxy) is 2. The molecule has 0 saturated carbocycles. The molecule has 1 amide bonds. The molecule has 0 aliphatic carbocycles. The van der Waals surface area contributed by atoms with Crippen LogP contribution in [0.3, 0.4) is 0 Å². The Labute approximate surface area is 143 Å². The summed E-state index contributed by atoms with van der Waals surface area (Å²) in [7, 11) is 3.23. The zero-order chi connectivity index (χ0) is 16.6. The third-order valence-corrected chi connectivity index (χ3v) is 5.04. The minimum absolute atomic E-state index is 0.00509. The number of amides is 1. The molecule has 0 aromatic heterocycles. The maximum absolute atomic E-state index is 12.2. The highest BCUT2D eigenvalue weighted by molar-refractivity contribution is 9.10.